The van der Waals surface area contributed by atoms with E-state index in [2.05, 4.69) is 21.2 Å². The highest BCUT2D eigenvalue weighted by molar-refractivity contribution is 9.10. The number of benzene rings is 2. The van der Waals surface area contributed by atoms with Crippen molar-refractivity contribution >= 4 is 38.9 Å². The number of primary amides is 1. The lowest BCUT2D eigenvalue weighted by atomic mass is 10.1. The molecule has 6 heteroatoms. The van der Waals surface area contributed by atoms with Gasteiger partial charge in [-0.25, -0.2) is 0 Å². The molecule has 1 amide bonds. The Balaban J connectivity index is 2.35. The summed E-state index contributed by atoms with van der Waals surface area (Å²) in [4.78, 5) is 11.1. The number of hydrogen-bond acceptors (Lipinski definition) is 4. The highest BCUT2D eigenvalue weighted by Crippen LogP contribution is 2.32. The van der Waals surface area contributed by atoms with Gasteiger partial charge in [0.05, 0.1) is 24.2 Å². The van der Waals surface area contributed by atoms with E-state index >= 15 is 0 Å². The number of amides is 1. The van der Waals surface area contributed by atoms with E-state index in [4.69, 9.17) is 16.2 Å². The largest absolute Gasteiger partial charge is 0.495 e. The lowest BCUT2D eigenvalue weighted by molar-refractivity contribution is 0.100. The Labute approximate surface area is 125 Å². The summed E-state index contributed by atoms with van der Waals surface area (Å²) in [6.45, 7) is 0. The first-order valence-electron chi connectivity index (χ1n) is 5.81. The number of carbonyl (C=O) groups excluding carboxylic acids is 1. The molecule has 2 rings (SSSR count). The molecule has 5 nitrogen and oxygen atoms in total. The molecule has 0 aliphatic rings. The van der Waals surface area contributed by atoms with Gasteiger partial charge in [0, 0.05) is 10.0 Å². The van der Waals surface area contributed by atoms with E-state index in [-0.39, 0.29) is 0 Å². The second-order valence-corrected chi connectivity index (χ2v) is 5.05. The SMILES string of the molecule is COc1ccc(Br)cc1Nc1ccc(C(N)=O)cc1N. The Morgan fingerprint density at radius 3 is 2.55 bits per heavy atom. The van der Waals surface area contributed by atoms with Crippen LogP contribution in [0.1, 0.15) is 10.4 Å². The van der Waals surface area contributed by atoms with Crippen LogP contribution < -0.4 is 21.5 Å². The van der Waals surface area contributed by atoms with Crippen molar-refractivity contribution in [2.45, 2.75) is 0 Å². The van der Waals surface area contributed by atoms with Gasteiger partial charge in [-0.3, -0.25) is 4.79 Å². The van der Waals surface area contributed by atoms with E-state index in [0.717, 1.165) is 10.2 Å². The van der Waals surface area contributed by atoms with Crippen LogP contribution in [0.25, 0.3) is 0 Å². The van der Waals surface area contributed by atoms with Gasteiger partial charge in [-0.05, 0) is 36.4 Å². The normalized spacial score (nSPS) is 10.1. The minimum absolute atomic E-state index is 0.370. The average molecular weight is 336 g/mol. The summed E-state index contributed by atoms with van der Waals surface area (Å²) in [6.07, 6.45) is 0. The first kappa shape index (κ1) is 14.2. The monoisotopic (exact) mass is 335 g/mol. The molecule has 5 N–H and O–H groups in total. The Bertz CT molecular complexity index is 659. The summed E-state index contributed by atoms with van der Waals surface area (Å²) in [7, 11) is 1.59. The summed E-state index contributed by atoms with van der Waals surface area (Å²) >= 11 is 3.40. The maximum absolute atomic E-state index is 11.1. The van der Waals surface area contributed by atoms with Crippen LogP contribution in [0.3, 0.4) is 0 Å². The van der Waals surface area contributed by atoms with Gasteiger partial charge in [0.25, 0.3) is 0 Å². The van der Waals surface area contributed by atoms with Crippen LogP contribution in [-0.4, -0.2) is 13.0 Å². The number of carbonyl (C=O) groups is 1. The third-order valence-electron chi connectivity index (χ3n) is 2.77. The standard InChI is InChI=1S/C14H14BrN3O2/c1-20-13-5-3-9(15)7-12(13)18-11-4-2-8(14(17)19)6-10(11)16/h2-7,18H,16H2,1H3,(H2,17,19). The van der Waals surface area contributed by atoms with Gasteiger partial charge in [0.2, 0.25) is 5.91 Å². The molecule has 0 unspecified atom stereocenters. The smallest absolute Gasteiger partial charge is 0.248 e. The third kappa shape index (κ3) is 3.03. The molecule has 0 saturated heterocycles. The van der Waals surface area contributed by atoms with Gasteiger partial charge < -0.3 is 21.5 Å². The Morgan fingerprint density at radius 1 is 1.20 bits per heavy atom. The fraction of sp³-hybridized carbons (Fsp3) is 0.0714. The zero-order valence-electron chi connectivity index (χ0n) is 10.8. The first-order valence-corrected chi connectivity index (χ1v) is 6.60. The molecule has 0 aliphatic carbocycles. The van der Waals surface area contributed by atoms with Gasteiger partial charge in [-0.15, -0.1) is 0 Å². The van der Waals surface area contributed by atoms with Crippen molar-refractivity contribution in [2.24, 2.45) is 5.73 Å². The maximum atomic E-state index is 11.1. The molecule has 0 fully saturated rings. The zero-order valence-corrected chi connectivity index (χ0v) is 12.4. The summed E-state index contributed by atoms with van der Waals surface area (Å²) in [6, 6.07) is 10.4. The molecular weight excluding hydrogens is 322 g/mol. The second-order valence-electron chi connectivity index (χ2n) is 4.14. The predicted octanol–water partition coefficient (Wildman–Crippen LogP) is 2.88. The first-order chi connectivity index (χ1) is 9.51. The highest BCUT2D eigenvalue weighted by atomic mass is 79.9. The molecule has 0 radical (unpaired) electrons. The van der Waals surface area contributed by atoms with E-state index in [9.17, 15) is 4.79 Å². The number of hydrogen-bond donors (Lipinski definition) is 3. The number of rotatable bonds is 4. The molecule has 0 heterocycles. The molecule has 2 aromatic rings. The molecular formula is C14H14BrN3O2. The van der Waals surface area contributed by atoms with Crippen molar-refractivity contribution in [1.82, 2.24) is 0 Å². The van der Waals surface area contributed by atoms with Gasteiger partial charge in [0.1, 0.15) is 5.75 Å². The van der Waals surface area contributed by atoms with Crippen molar-refractivity contribution < 1.29 is 9.53 Å². The summed E-state index contributed by atoms with van der Waals surface area (Å²) < 4.78 is 6.19. The number of anilines is 3. The van der Waals surface area contributed by atoms with Crippen LogP contribution in [0.4, 0.5) is 17.1 Å². The number of methoxy groups -OCH3 is 1. The van der Waals surface area contributed by atoms with Crippen molar-refractivity contribution in [1.29, 1.82) is 0 Å². The van der Waals surface area contributed by atoms with Crippen molar-refractivity contribution in [3.05, 3.63) is 46.4 Å². The molecule has 0 saturated carbocycles. The Kier molecular flexibility index (Phi) is 4.14. The summed E-state index contributed by atoms with van der Waals surface area (Å²) in [5, 5.41) is 3.17. The number of nitrogen functional groups attached to an aromatic ring is 1. The Morgan fingerprint density at radius 2 is 1.95 bits per heavy atom. The minimum Gasteiger partial charge on any atom is -0.495 e. The fourth-order valence-electron chi connectivity index (χ4n) is 1.75. The molecule has 0 aromatic heterocycles. The van der Waals surface area contributed by atoms with E-state index in [0.29, 0.717) is 22.7 Å². The van der Waals surface area contributed by atoms with Crippen LogP contribution >= 0.6 is 15.9 Å². The van der Waals surface area contributed by atoms with E-state index in [1.165, 1.54) is 6.07 Å². The van der Waals surface area contributed by atoms with Crippen LogP contribution in [-0.2, 0) is 0 Å². The van der Waals surface area contributed by atoms with Crippen molar-refractivity contribution in [2.75, 3.05) is 18.2 Å². The van der Waals surface area contributed by atoms with Crippen LogP contribution in [0, 0.1) is 0 Å². The van der Waals surface area contributed by atoms with Crippen molar-refractivity contribution in [3.8, 4) is 5.75 Å². The van der Waals surface area contributed by atoms with Gasteiger partial charge >= 0.3 is 0 Å². The zero-order chi connectivity index (χ0) is 14.7. The third-order valence-corrected chi connectivity index (χ3v) is 3.26. The molecule has 20 heavy (non-hydrogen) atoms. The minimum atomic E-state index is -0.511. The van der Waals surface area contributed by atoms with Crippen LogP contribution in [0.15, 0.2) is 40.9 Å². The molecule has 0 atom stereocenters. The van der Waals surface area contributed by atoms with Crippen LogP contribution in [0.5, 0.6) is 5.75 Å². The lowest BCUT2D eigenvalue weighted by Gasteiger charge is -2.13. The number of ether oxygens (including phenoxy) is 1. The van der Waals surface area contributed by atoms with Crippen LogP contribution in [0.2, 0.25) is 0 Å². The van der Waals surface area contributed by atoms with Gasteiger partial charge in [0.15, 0.2) is 0 Å². The Hall–Kier alpha value is -2.21. The lowest BCUT2D eigenvalue weighted by Crippen LogP contribution is -2.11. The summed E-state index contributed by atoms with van der Waals surface area (Å²) in [5.41, 5.74) is 13.4. The molecule has 0 spiro atoms. The second kappa shape index (κ2) is 5.83. The van der Waals surface area contributed by atoms with Gasteiger partial charge in [-0.2, -0.15) is 0 Å². The molecule has 104 valence electrons. The van der Waals surface area contributed by atoms with E-state index < -0.39 is 5.91 Å². The average Bonchev–Trinajstić information content (AvgIpc) is 2.41. The molecule has 0 bridgehead atoms. The maximum Gasteiger partial charge on any atom is 0.248 e. The topological polar surface area (TPSA) is 90.4 Å². The quantitative estimate of drug-likeness (QED) is 0.749. The fourth-order valence-corrected chi connectivity index (χ4v) is 2.11. The van der Waals surface area contributed by atoms with E-state index in [1.54, 1.807) is 19.2 Å². The number of nitrogens with one attached hydrogen (secondary N) is 1. The molecule has 2 aromatic carbocycles. The number of halogens is 1. The molecule has 0 aliphatic heterocycles. The highest BCUT2D eigenvalue weighted by Gasteiger charge is 2.08. The number of nitrogens with two attached hydrogens (primary N) is 2. The summed E-state index contributed by atoms with van der Waals surface area (Å²) in [5.74, 6) is 0.176. The van der Waals surface area contributed by atoms with E-state index in [1.807, 2.05) is 18.2 Å². The predicted molar refractivity (Wildman–Crippen MR) is 83.3 cm³/mol. The van der Waals surface area contributed by atoms with Crippen molar-refractivity contribution in [3.63, 3.8) is 0 Å². The van der Waals surface area contributed by atoms with Gasteiger partial charge in [-0.1, -0.05) is 15.9 Å².